The first-order chi connectivity index (χ1) is 8.68. The number of hydrogen-bond donors (Lipinski definition) is 1. The number of benzene rings is 1. The molecule has 5 nitrogen and oxygen atoms in total. The summed E-state index contributed by atoms with van der Waals surface area (Å²) in [5, 5.41) is 10.9. The number of hydrogen-bond acceptors (Lipinski definition) is 4. The molecule has 0 fully saturated rings. The van der Waals surface area contributed by atoms with Crippen molar-refractivity contribution in [1.29, 1.82) is 0 Å². The molecule has 18 heavy (non-hydrogen) atoms. The van der Waals surface area contributed by atoms with Gasteiger partial charge in [0.05, 0.1) is 4.92 Å². The van der Waals surface area contributed by atoms with E-state index in [1.54, 1.807) is 12.3 Å². The van der Waals surface area contributed by atoms with E-state index in [-0.39, 0.29) is 11.7 Å². The Morgan fingerprint density at radius 2 is 1.94 bits per heavy atom. The van der Waals surface area contributed by atoms with Crippen LogP contribution < -0.4 is 5.73 Å². The molecule has 0 bridgehead atoms. The van der Waals surface area contributed by atoms with Crippen LogP contribution in [0.3, 0.4) is 0 Å². The van der Waals surface area contributed by atoms with E-state index in [9.17, 15) is 10.1 Å². The molecule has 0 spiro atoms. The molecule has 2 rings (SSSR count). The van der Waals surface area contributed by atoms with Crippen molar-refractivity contribution in [3.8, 4) is 0 Å². The largest absolute Gasteiger partial charge is 0.324 e. The lowest BCUT2D eigenvalue weighted by molar-refractivity contribution is -0.386. The van der Waals surface area contributed by atoms with Crippen LogP contribution in [0, 0.1) is 10.1 Å². The van der Waals surface area contributed by atoms with Gasteiger partial charge in [-0.15, -0.1) is 0 Å². The monoisotopic (exact) mass is 243 g/mol. The second-order valence-electron chi connectivity index (χ2n) is 3.95. The predicted octanol–water partition coefficient (Wildman–Crippen LogP) is 2.23. The number of nitro groups is 1. The lowest BCUT2D eigenvalue weighted by Gasteiger charge is -2.11. The van der Waals surface area contributed by atoms with E-state index in [0.717, 1.165) is 5.56 Å². The Balaban J connectivity index is 2.22. The third-order valence-electron chi connectivity index (χ3n) is 2.70. The van der Waals surface area contributed by atoms with Crippen LogP contribution in [-0.2, 0) is 6.42 Å². The fourth-order valence-corrected chi connectivity index (χ4v) is 1.78. The number of nitrogens with zero attached hydrogens (tertiary/aromatic N) is 2. The maximum Gasteiger partial charge on any atom is 0.290 e. The molecule has 1 aromatic carbocycles. The smallest absolute Gasteiger partial charge is 0.290 e. The molecule has 92 valence electrons. The average Bonchev–Trinajstić information content (AvgIpc) is 2.40. The van der Waals surface area contributed by atoms with Crippen LogP contribution in [0.1, 0.15) is 17.3 Å². The quantitative estimate of drug-likeness (QED) is 0.659. The minimum atomic E-state index is -0.431. The maximum atomic E-state index is 10.9. The number of rotatable bonds is 4. The fourth-order valence-electron chi connectivity index (χ4n) is 1.78. The van der Waals surface area contributed by atoms with Crippen LogP contribution >= 0.6 is 0 Å². The summed E-state index contributed by atoms with van der Waals surface area (Å²) in [6.07, 6.45) is 1.89. The standard InChI is InChI=1S/C13H13N3O2/c14-11(10-5-2-1-3-6-10)9-12-13(16(17)18)7-4-8-15-12/h1-8,11H,9,14H2. The molecule has 0 saturated carbocycles. The minimum absolute atomic E-state index is 0.0175. The van der Waals surface area contributed by atoms with E-state index < -0.39 is 4.92 Å². The molecule has 5 heteroatoms. The predicted molar refractivity (Wildman–Crippen MR) is 68.0 cm³/mol. The molecule has 2 aromatic rings. The van der Waals surface area contributed by atoms with Crippen LogP contribution in [0.5, 0.6) is 0 Å². The summed E-state index contributed by atoms with van der Waals surface area (Å²) in [5.41, 5.74) is 7.41. The van der Waals surface area contributed by atoms with Gasteiger partial charge in [-0.1, -0.05) is 30.3 Å². The van der Waals surface area contributed by atoms with Gasteiger partial charge in [-0.2, -0.15) is 0 Å². The van der Waals surface area contributed by atoms with Crippen molar-refractivity contribution in [2.75, 3.05) is 0 Å². The Morgan fingerprint density at radius 3 is 2.61 bits per heavy atom. The zero-order valence-electron chi connectivity index (χ0n) is 9.69. The summed E-state index contributed by atoms with van der Waals surface area (Å²) in [6.45, 7) is 0. The highest BCUT2D eigenvalue weighted by atomic mass is 16.6. The highest BCUT2D eigenvalue weighted by Crippen LogP contribution is 2.21. The molecule has 2 N–H and O–H groups in total. The van der Waals surface area contributed by atoms with Crippen LogP contribution in [0.25, 0.3) is 0 Å². The van der Waals surface area contributed by atoms with E-state index in [4.69, 9.17) is 5.73 Å². The van der Waals surface area contributed by atoms with Gasteiger partial charge < -0.3 is 5.73 Å². The third kappa shape index (κ3) is 2.70. The highest BCUT2D eigenvalue weighted by molar-refractivity contribution is 5.35. The van der Waals surface area contributed by atoms with Crippen LogP contribution in [0.4, 0.5) is 5.69 Å². The number of pyridine rings is 1. The van der Waals surface area contributed by atoms with Crippen molar-refractivity contribution in [2.24, 2.45) is 5.73 Å². The van der Waals surface area contributed by atoms with Gasteiger partial charge in [-0.3, -0.25) is 15.1 Å². The van der Waals surface area contributed by atoms with E-state index in [2.05, 4.69) is 4.98 Å². The van der Waals surface area contributed by atoms with Crippen LogP contribution in [-0.4, -0.2) is 9.91 Å². The van der Waals surface area contributed by atoms with Gasteiger partial charge >= 0.3 is 0 Å². The first-order valence-electron chi connectivity index (χ1n) is 5.57. The first-order valence-corrected chi connectivity index (χ1v) is 5.57. The zero-order valence-corrected chi connectivity index (χ0v) is 9.69. The molecule has 1 heterocycles. The van der Waals surface area contributed by atoms with Crippen molar-refractivity contribution in [3.05, 3.63) is 70.0 Å². The van der Waals surface area contributed by atoms with Gasteiger partial charge in [0.2, 0.25) is 0 Å². The van der Waals surface area contributed by atoms with Crippen LogP contribution in [0.2, 0.25) is 0 Å². The minimum Gasteiger partial charge on any atom is -0.324 e. The molecule has 0 saturated heterocycles. The molecular weight excluding hydrogens is 230 g/mol. The Labute approximate surface area is 104 Å². The SMILES string of the molecule is NC(Cc1ncccc1[N+](=O)[O-])c1ccccc1. The topological polar surface area (TPSA) is 82.0 Å². The van der Waals surface area contributed by atoms with Gasteiger partial charge in [0.1, 0.15) is 5.69 Å². The average molecular weight is 243 g/mol. The normalized spacial score (nSPS) is 12.1. The molecule has 0 radical (unpaired) electrons. The van der Waals surface area contributed by atoms with Crippen molar-refractivity contribution in [3.63, 3.8) is 0 Å². The summed E-state index contributed by atoms with van der Waals surface area (Å²) in [6, 6.07) is 12.2. The molecular formula is C13H13N3O2. The number of aromatic nitrogens is 1. The van der Waals surface area contributed by atoms with Crippen molar-refractivity contribution in [2.45, 2.75) is 12.5 Å². The molecule has 1 aromatic heterocycles. The van der Waals surface area contributed by atoms with Crippen molar-refractivity contribution >= 4 is 5.69 Å². The molecule has 0 aliphatic carbocycles. The summed E-state index contributed by atoms with van der Waals surface area (Å²) >= 11 is 0. The summed E-state index contributed by atoms with van der Waals surface area (Å²) in [4.78, 5) is 14.5. The Hall–Kier alpha value is -2.27. The molecule has 1 unspecified atom stereocenters. The zero-order chi connectivity index (χ0) is 13.0. The highest BCUT2D eigenvalue weighted by Gasteiger charge is 2.17. The van der Waals surface area contributed by atoms with E-state index in [1.165, 1.54) is 6.07 Å². The van der Waals surface area contributed by atoms with E-state index >= 15 is 0 Å². The van der Waals surface area contributed by atoms with Gasteiger partial charge in [-0.25, -0.2) is 0 Å². The van der Waals surface area contributed by atoms with Crippen molar-refractivity contribution < 1.29 is 4.92 Å². The summed E-state index contributed by atoms with van der Waals surface area (Å²) < 4.78 is 0. The van der Waals surface area contributed by atoms with Gasteiger partial charge in [0.15, 0.2) is 0 Å². The maximum absolute atomic E-state index is 10.9. The Kier molecular flexibility index (Phi) is 3.64. The molecule has 0 aliphatic rings. The second kappa shape index (κ2) is 5.37. The van der Waals surface area contributed by atoms with Crippen LogP contribution in [0.15, 0.2) is 48.7 Å². The third-order valence-corrected chi connectivity index (χ3v) is 2.70. The molecule has 1 atom stereocenters. The first kappa shape index (κ1) is 12.2. The Bertz CT molecular complexity index is 543. The number of nitrogens with two attached hydrogens (primary N) is 1. The summed E-state index contributed by atoms with van der Waals surface area (Å²) in [5.74, 6) is 0. The van der Waals surface area contributed by atoms with Crippen molar-refractivity contribution in [1.82, 2.24) is 4.98 Å². The fraction of sp³-hybridized carbons (Fsp3) is 0.154. The second-order valence-corrected chi connectivity index (χ2v) is 3.95. The lowest BCUT2D eigenvalue weighted by atomic mass is 10.0. The summed E-state index contributed by atoms with van der Waals surface area (Å²) in [7, 11) is 0. The van der Waals surface area contributed by atoms with Gasteiger partial charge in [0.25, 0.3) is 5.69 Å². The van der Waals surface area contributed by atoms with E-state index in [1.807, 2.05) is 30.3 Å². The lowest BCUT2D eigenvalue weighted by Crippen LogP contribution is -2.15. The molecule has 0 amide bonds. The van der Waals surface area contributed by atoms with Gasteiger partial charge in [0, 0.05) is 24.7 Å². The Morgan fingerprint density at radius 1 is 1.22 bits per heavy atom. The molecule has 0 aliphatic heterocycles. The van der Waals surface area contributed by atoms with Gasteiger partial charge in [-0.05, 0) is 11.6 Å². The van der Waals surface area contributed by atoms with E-state index in [0.29, 0.717) is 12.1 Å².